The van der Waals surface area contributed by atoms with Crippen LogP contribution >= 0.6 is 0 Å². The van der Waals surface area contributed by atoms with Crippen molar-refractivity contribution in [3.8, 4) is 0 Å². The molecule has 1 fully saturated rings. The molecule has 18 heavy (non-hydrogen) atoms. The number of aliphatic hydroxyl groups is 1. The minimum absolute atomic E-state index is 0.222. The zero-order valence-electron chi connectivity index (χ0n) is 11.1. The molecule has 5 nitrogen and oxygen atoms in total. The summed E-state index contributed by atoms with van der Waals surface area (Å²) in [5, 5.41) is 8.63. The largest absolute Gasteiger partial charge is 0.396 e. The van der Waals surface area contributed by atoms with Crippen molar-refractivity contribution in [2.24, 2.45) is 0 Å². The Labute approximate surface area is 111 Å². The molecule has 0 aromatic heterocycles. The molecule has 0 atom stereocenters. The first-order valence-electron chi connectivity index (χ1n) is 7.02. The van der Waals surface area contributed by atoms with Crippen LogP contribution in [0.1, 0.15) is 51.4 Å². The van der Waals surface area contributed by atoms with Gasteiger partial charge in [0.2, 0.25) is 0 Å². The lowest BCUT2D eigenvalue weighted by Crippen LogP contribution is -2.41. The summed E-state index contributed by atoms with van der Waals surface area (Å²) in [4.78, 5) is 0. The van der Waals surface area contributed by atoms with Crippen LogP contribution in [0.25, 0.3) is 0 Å². The summed E-state index contributed by atoms with van der Waals surface area (Å²) in [7, 11) is -3.27. The van der Waals surface area contributed by atoms with Gasteiger partial charge >= 0.3 is 0 Å². The first-order chi connectivity index (χ1) is 8.67. The zero-order chi connectivity index (χ0) is 13.3. The number of hydrogen-bond acceptors (Lipinski definition) is 3. The minimum atomic E-state index is -3.27. The number of nitrogens with zero attached hydrogens (tertiary/aromatic N) is 1. The van der Waals surface area contributed by atoms with Crippen molar-refractivity contribution < 1.29 is 13.5 Å². The van der Waals surface area contributed by atoms with E-state index in [1.54, 1.807) is 4.31 Å². The van der Waals surface area contributed by atoms with Gasteiger partial charge < -0.3 is 5.11 Å². The third-order valence-corrected chi connectivity index (χ3v) is 4.89. The van der Waals surface area contributed by atoms with Gasteiger partial charge in [0.05, 0.1) is 0 Å². The third-order valence-electron chi connectivity index (χ3n) is 3.27. The minimum Gasteiger partial charge on any atom is -0.396 e. The zero-order valence-corrected chi connectivity index (χ0v) is 11.9. The Hall–Kier alpha value is -0.170. The predicted molar refractivity (Wildman–Crippen MR) is 72.5 cm³/mol. The van der Waals surface area contributed by atoms with E-state index in [1.165, 1.54) is 0 Å². The van der Waals surface area contributed by atoms with Crippen LogP contribution in [0.5, 0.6) is 0 Å². The quantitative estimate of drug-likeness (QED) is 0.657. The highest BCUT2D eigenvalue weighted by molar-refractivity contribution is 7.87. The Morgan fingerprint density at radius 2 is 1.56 bits per heavy atom. The molecule has 0 radical (unpaired) electrons. The fourth-order valence-corrected chi connectivity index (χ4v) is 3.49. The maximum absolute atomic E-state index is 12.0. The summed E-state index contributed by atoms with van der Waals surface area (Å²) in [5.41, 5.74) is 0. The molecular formula is C12H26N2O3S. The number of nitrogens with one attached hydrogen (secondary N) is 1. The predicted octanol–water partition coefficient (Wildman–Crippen LogP) is 1.25. The Bertz CT molecular complexity index is 298. The van der Waals surface area contributed by atoms with Crippen molar-refractivity contribution in [2.75, 3.05) is 26.2 Å². The first kappa shape index (κ1) is 15.9. The molecule has 108 valence electrons. The number of hydrogen-bond donors (Lipinski definition) is 2. The normalized spacial score (nSPS) is 18.7. The summed E-state index contributed by atoms with van der Waals surface area (Å²) < 4.78 is 28.3. The van der Waals surface area contributed by atoms with E-state index in [2.05, 4.69) is 4.72 Å². The average Bonchev–Trinajstić information content (AvgIpc) is 2.63. The Morgan fingerprint density at radius 3 is 2.17 bits per heavy atom. The number of unbranched alkanes of at least 4 members (excludes halogenated alkanes) is 3. The summed E-state index contributed by atoms with van der Waals surface area (Å²) in [6, 6.07) is 0. The molecule has 0 aromatic carbocycles. The van der Waals surface area contributed by atoms with Gasteiger partial charge in [0.15, 0.2) is 0 Å². The lowest BCUT2D eigenvalue weighted by atomic mass is 10.2. The van der Waals surface area contributed by atoms with Crippen LogP contribution in [0, 0.1) is 0 Å². The van der Waals surface area contributed by atoms with E-state index < -0.39 is 10.2 Å². The van der Waals surface area contributed by atoms with Crippen LogP contribution in [0.2, 0.25) is 0 Å². The van der Waals surface area contributed by atoms with E-state index in [0.717, 1.165) is 51.4 Å². The summed E-state index contributed by atoms with van der Waals surface area (Å²) in [6.45, 7) is 2.03. The van der Waals surface area contributed by atoms with Gasteiger partial charge in [0.25, 0.3) is 10.2 Å². The van der Waals surface area contributed by atoms with Crippen molar-refractivity contribution in [1.82, 2.24) is 9.03 Å². The van der Waals surface area contributed by atoms with E-state index in [4.69, 9.17) is 5.11 Å². The van der Waals surface area contributed by atoms with Crippen LogP contribution in [0.3, 0.4) is 0 Å². The monoisotopic (exact) mass is 278 g/mol. The molecule has 1 aliphatic heterocycles. The molecule has 2 N–H and O–H groups in total. The van der Waals surface area contributed by atoms with Crippen molar-refractivity contribution >= 4 is 10.2 Å². The highest BCUT2D eigenvalue weighted by atomic mass is 32.2. The molecule has 0 bridgehead atoms. The number of aliphatic hydroxyl groups excluding tert-OH is 1. The van der Waals surface area contributed by atoms with E-state index in [0.29, 0.717) is 19.6 Å². The van der Waals surface area contributed by atoms with Gasteiger partial charge in [-0.15, -0.1) is 0 Å². The number of rotatable bonds is 8. The van der Waals surface area contributed by atoms with E-state index in [-0.39, 0.29) is 6.61 Å². The summed E-state index contributed by atoms with van der Waals surface area (Å²) >= 11 is 0. The molecule has 0 unspecified atom stereocenters. The van der Waals surface area contributed by atoms with Crippen LogP contribution in [0.4, 0.5) is 0 Å². The van der Waals surface area contributed by atoms with E-state index in [1.807, 2.05) is 0 Å². The molecule has 1 rings (SSSR count). The Morgan fingerprint density at radius 1 is 0.944 bits per heavy atom. The fraction of sp³-hybridized carbons (Fsp3) is 1.00. The van der Waals surface area contributed by atoms with Gasteiger partial charge in [-0.3, -0.25) is 0 Å². The standard InChI is InChI=1S/C12H26N2O3S/c15-12-8-4-1-5-9-13-18(16,17)14-10-6-2-3-7-11-14/h13,15H,1-12H2. The Balaban J connectivity index is 2.21. The first-order valence-corrected chi connectivity index (χ1v) is 8.46. The topological polar surface area (TPSA) is 69.6 Å². The highest BCUT2D eigenvalue weighted by Crippen LogP contribution is 2.12. The lowest BCUT2D eigenvalue weighted by Gasteiger charge is -2.20. The van der Waals surface area contributed by atoms with Crippen LogP contribution in [0.15, 0.2) is 0 Å². The second kappa shape index (κ2) is 8.85. The van der Waals surface area contributed by atoms with Crippen LogP contribution in [-0.4, -0.2) is 44.1 Å². The van der Waals surface area contributed by atoms with Gasteiger partial charge in [-0.25, -0.2) is 4.72 Å². The SMILES string of the molecule is O=S(=O)(NCCCCCCO)N1CCCCCC1. The van der Waals surface area contributed by atoms with Crippen molar-refractivity contribution in [3.63, 3.8) is 0 Å². The maximum Gasteiger partial charge on any atom is 0.279 e. The van der Waals surface area contributed by atoms with Crippen molar-refractivity contribution in [1.29, 1.82) is 0 Å². The smallest absolute Gasteiger partial charge is 0.279 e. The van der Waals surface area contributed by atoms with Gasteiger partial charge in [-0.05, 0) is 25.7 Å². The van der Waals surface area contributed by atoms with Crippen molar-refractivity contribution in [2.45, 2.75) is 51.4 Å². The third kappa shape index (κ3) is 6.13. The van der Waals surface area contributed by atoms with Crippen LogP contribution in [-0.2, 0) is 10.2 Å². The molecule has 1 saturated heterocycles. The second-order valence-corrected chi connectivity index (χ2v) is 6.61. The van der Waals surface area contributed by atoms with Crippen molar-refractivity contribution in [3.05, 3.63) is 0 Å². The summed E-state index contributed by atoms with van der Waals surface area (Å²) in [5.74, 6) is 0. The molecule has 0 aromatic rings. The lowest BCUT2D eigenvalue weighted by molar-refractivity contribution is 0.282. The molecule has 0 amide bonds. The van der Waals surface area contributed by atoms with Gasteiger partial charge in [-0.2, -0.15) is 12.7 Å². The molecule has 0 aliphatic carbocycles. The fourth-order valence-electron chi connectivity index (χ4n) is 2.16. The van der Waals surface area contributed by atoms with E-state index in [9.17, 15) is 8.42 Å². The molecule has 0 saturated carbocycles. The van der Waals surface area contributed by atoms with E-state index >= 15 is 0 Å². The van der Waals surface area contributed by atoms with Gasteiger partial charge in [-0.1, -0.05) is 25.7 Å². The Kier molecular flexibility index (Phi) is 7.81. The molecular weight excluding hydrogens is 252 g/mol. The molecule has 6 heteroatoms. The molecule has 0 spiro atoms. The molecule has 1 aliphatic rings. The van der Waals surface area contributed by atoms with Gasteiger partial charge in [0.1, 0.15) is 0 Å². The van der Waals surface area contributed by atoms with Gasteiger partial charge in [0, 0.05) is 26.2 Å². The second-order valence-electron chi connectivity index (χ2n) is 4.85. The highest BCUT2D eigenvalue weighted by Gasteiger charge is 2.21. The summed E-state index contributed by atoms with van der Waals surface area (Å²) in [6.07, 6.45) is 7.77. The van der Waals surface area contributed by atoms with Crippen LogP contribution < -0.4 is 4.72 Å². The molecule has 1 heterocycles. The maximum atomic E-state index is 12.0. The average molecular weight is 278 g/mol.